The molecule has 0 N–H and O–H groups in total. The smallest absolute Gasteiger partial charge is 0.289 e. The van der Waals surface area contributed by atoms with Crippen molar-refractivity contribution in [1.29, 1.82) is 0 Å². The minimum absolute atomic E-state index is 0.111. The van der Waals surface area contributed by atoms with Crippen molar-refractivity contribution < 1.29 is 18.7 Å². The van der Waals surface area contributed by atoms with E-state index >= 15 is 0 Å². The van der Waals surface area contributed by atoms with Gasteiger partial charge in [0.2, 0.25) is 0 Å². The number of nitrogens with zero attached hydrogens (tertiary/aromatic N) is 6. The van der Waals surface area contributed by atoms with Crippen LogP contribution in [0.5, 0.6) is 5.75 Å². The molecule has 0 saturated carbocycles. The first kappa shape index (κ1) is 18.7. The Labute approximate surface area is 166 Å². The summed E-state index contributed by atoms with van der Waals surface area (Å²) in [6.07, 6.45) is 2.33. The second-order valence-corrected chi connectivity index (χ2v) is 6.60. The maximum Gasteiger partial charge on any atom is 0.289 e. The first-order chi connectivity index (χ1) is 14.1. The van der Waals surface area contributed by atoms with Gasteiger partial charge in [0.25, 0.3) is 11.8 Å². The number of ether oxygens (including phenoxy) is 1. The standard InChI is InChI=1S/C19H20N6O4/c1-14(29-16-6-4-15(5-7-16)25-13-20-21-22-25)18(26)23-8-10-24(11-9-23)19(27)17-3-2-12-28-17/h2-7,12-14H,8-11H2,1H3. The average molecular weight is 396 g/mol. The highest BCUT2D eigenvalue weighted by molar-refractivity contribution is 5.91. The highest BCUT2D eigenvalue weighted by Gasteiger charge is 2.29. The molecule has 1 aromatic carbocycles. The maximum absolute atomic E-state index is 12.7. The summed E-state index contributed by atoms with van der Waals surface area (Å²) in [5.74, 6) is 0.620. The zero-order valence-corrected chi connectivity index (χ0v) is 15.8. The molecular weight excluding hydrogens is 376 g/mol. The van der Waals surface area contributed by atoms with Crippen LogP contribution in [0.3, 0.4) is 0 Å². The van der Waals surface area contributed by atoms with Gasteiger partial charge in [-0.2, -0.15) is 0 Å². The molecular formula is C19H20N6O4. The van der Waals surface area contributed by atoms with Crippen molar-refractivity contribution in [3.05, 3.63) is 54.7 Å². The van der Waals surface area contributed by atoms with Crippen LogP contribution in [-0.4, -0.2) is 74.1 Å². The van der Waals surface area contributed by atoms with Crippen LogP contribution in [0.25, 0.3) is 5.69 Å². The lowest BCUT2D eigenvalue weighted by Crippen LogP contribution is -2.53. The Hall–Kier alpha value is -3.69. The van der Waals surface area contributed by atoms with Gasteiger partial charge in [-0.05, 0) is 53.7 Å². The Kier molecular flexibility index (Phi) is 5.23. The van der Waals surface area contributed by atoms with Crippen LogP contribution in [0.4, 0.5) is 0 Å². The topological polar surface area (TPSA) is 107 Å². The van der Waals surface area contributed by atoms with Gasteiger partial charge in [-0.15, -0.1) is 5.10 Å². The van der Waals surface area contributed by atoms with Crippen molar-refractivity contribution in [3.8, 4) is 11.4 Å². The summed E-state index contributed by atoms with van der Waals surface area (Å²) in [5.41, 5.74) is 0.790. The van der Waals surface area contributed by atoms with Crippen molar-refractivity contribution in [2.45, 2.75) is 13.0 Å². The third-order valence-electron chi connectivity index (χ3n) is 4.72. The number of carbonyl (C=O) groups excluding carboxylic acids is 2. The first-order valence-corrected chi connectivity index (χ1v) is 9.23. The molecule has 3 heterocycles. The number of amides is 2. The summed E-state index contributed by atoms with van der Waals surface area (Å²) in [6.45, 7) is 3.55. The van der Waals surface area contributed by atoms with Gasteiger partial charge in [0, 0.05) is 26.2 Å². The fourth-order valence-electron chi connectivity index (χ4n) is 3.15. The molecule has 1 saturated heterocycles. The number of benzene rings is 1. The molecule has 29 heavy (non-hydrogen) atoms. The summed E-state index contributed by atoms with van der Waals surface area (Å²) >= 11 is 0. The van der Waals surface area contributed by atoms with E-state index in [1.165, 1.54) is 17.3 Å². The molecule has 10 heteroatoms. The predicted octanol–water partition coefficient (Wildman–Crippen LogP) is 1.01. The number of hydrogen-bond acceptors (Lipinski definition) is 7. The molecule has 1 fully saturated rings. The van der Waals surface area contributed by atoms with Crippen LogP contribution in [-0.2, 0) is 4.79 Å². The minimum atomic E-state index is -0.638. The molecule has 0 radical (unpaired) electrons. The molecule has 0 aliphatic carbocycles. The lowest BCUT2D eigenvalue weighted by Gasteiger charge is -2.35. The SMILES string of the molecule is CC(Oc1ccc(-n2cnnn2)cc1)C(=O)N1CCN(C(=O)c2ccco2)CC1. The van der Waals surface area contributed by atoms with Gasteiger partial charge in [0.15, 0.2) is 11.9 Å². The zero-order chi connectivity index (χ0) is 20.2. The van der Waals surface area contributed by atoms with E-state index in [1.54, 1.807) is 41.0 Å². The Morgan fingerprint density at radius 1 is 1.07 bits per heavy atom. The van der Waals surface area contributed by atoms with Crippen LogP contribution in [0.2, 0.25) is 0 Å². The molecule has 150 valence electrons. The fourth-order valence-corrected chi connectivity index (χ4v) is 3.15. The van der Waals surface area contributed by atoms with Crippen molar-refractivity contribution in [1.82, 2.24) is 30.0 Å². The summed E-state index contributed by atoms with van der Waals surface area (Å²) in [6, 6.07) is 10.5. The summed E-state index contributed by atoms with van der Waals surface area (Å²) < 4.78 is 12.5. The molecule has 10 nitrogen and oxygen atoms in total. The van der Waals surface area contributed by atoms with Gasteiger partial charge in [-0.3, -0.25) is 9.59 Å². The second kappa shape index (κ2) is 8.13. The highest BCUT2D eigenvalue weighted by Crippen LogP contribution is 2.17. The lowest BCUT2D eigenvalue weighted by molar-refractivity contribution is -0.139. The number of piperazine rings is 1. The van der Waals surface area contributed by atoms with Crippen LogP contribution in [0, 0.1) is 0 Å². The largest absolute Gasteiger partial charge is 0.481 e. The molecule has 2 amide bonds. The molecule has 0 bridgehead atoms. The highest BCUT2D eigenvalue weighted by atomic mass is 16.5. The molecule has 1 aliphatic rings. The van der Waals surface area contributed by atoms with E-state index in [0.29, 0.717) is 37.7 Å². The number of rotatable bonds is 5. The molecule has 2 aromatic heterocycles. The molecule has 4 rings (SSSR count). The van der Waals surface area contributed by atoms with E-state index in [-0.39, 0.29) is 11.8 Å². The lowest BCUT2D eigenvalue weighted by atomic mass is 10.2. The molecule has 1 unspecified atom stereocenters. The second-order valence-electron chi connectivity index (χ2n) is 6.60. The predicted molar refractivity (Wildman–Crippen MR) is 100 cm³/mol. The van der Waals surface area contributed by atoms with Gasteiger partial charge in [0.05, 0.1) is 12.0 Å². The van der Waals surface area contributed by atoms with Crippen LogP contribution >= 0.6 is 0 Å². The number of tetrazole rings is 1. The Morgan fingerprint density at radius 3 is 2.41 bits per heavy atom. The van der Waals surface area contributed by atoms with E-state index in [9.17, 15) is 9.59 Å². The van der Waals surface area contributed by atoms with Crippen molar-refractivity contribution in [2.24, 2.45) is 0 Å². The summed E-state index contributed by atoms with van der Waals surface area (Å²) in [5, 5.41) is 11.0. The molecule has 0 spiro atoms. The van der Waals surface area contributed by atoms with E-state index in [4.69, 9.17) is 9.15 Å². The number of hydrogen-bond donors (Lipinski definition) is 0. The van der Waals surface area contributed by atoms with Crippen molar-refractivity contribution in [3.63, 3.8) is 0 Å². The summed E-state index contributed by atoms with van der Waals surface area (Å²) in [7, 11) is 0. The third-order valence-corrected chi connectivity index (χ3v) is 4.72. The number of furan rings is 1. The van der Waals surface area contributed by atoms with E-state index in [1.807, 2.05) is 12.1 Å². The number of aromatic nitrogens is 4. The van der Waals surface area contributed by atoms with Crippen LogP contribution in [0.15, 0.2) is 53.4 Å². The van der Waals surface area contributed by atoms with E-state index in [2.05, 4.69) is 15.5 Å². The van der Waals surface area contributed by atoms with E-state index in [0.717, 1.165) is 5.69 Å². The minimum Gasteiger partial charge on any atom is -0.481 e. The molecule has 1 atom stereocenters. The van der Waals surface area contributed by atoms with Gasteiger partial charge in [0.1, 0.15) is 12.1 Å². The average Bonchev–Trinajstić information content (AvgIpc) is 3.47. The van der Waals surface area contributed by atoms with Crippen molar-refractivity contribution >= 4 is 11.8 Å². The summed E-state index contributed by atoms with van der Waals surface area (Å²) in [4.78, 5) is 28.4. The normalized spacial score (nSPS) is 15.2. The van der Waals surface area contributed by atoms with Gasteiger partial charge in [-0.1, -0.05) is 0 Å². The van der Waals surface area contributed by atoms with Gasteiger partial charge in [-0.25, -0.2) is 4.68 Å². The van der Waals surface area contributed by atoms with E-state index < -0.39 is 6.10 Å². The third kappa shape index (κ3) is 4.10. The van der Waals surface area contributed by atoms with Crippen molar-refractivity contribution in [2.75, 3.05) is 26.2 Å². The maximum atomic E-state index is 12.7. The molecule has 1 aliphatic heterocycles. The number of carbonyl (C=O) groups is 2. The monoisotopic (exact) mass is 396 g/mol. The van der Waals surface area contributed by atoms with Crippen LogP contribution in [0.1, 0.15) is 17.5 Å². The van der Waals surface area contributed by atoms with Gasteiger partial charge < -0.3 is 19.0 Å². The Balaban J connectivity index is 1.30. The van der Waals surface area contributed by atoms with Crippen LogP contribution < -0.4 is 4.74 Å². The first-order valence-electron chi connectivity index (χ1n) is 9.23. The zero-order valence-electron chi connectivity index (χ0n) is 15.8. The van der Waals surface area contributed by atoms with Gasteiger partial charge >= 0.3 is 0 Å². The fraction of sp³-hybridized carbons (Fsp3) is 0.316. The molecule has 3 aromatic rings. The Bertz CT molecular complexity index is 947. The quantitative estimate of drug-likeness (QED) is 0.633. The Morgan fingerprint density at radius 2 is 1.79 bits per heavy atom.